The third kappa shape index (κ3) is 4.37. The number of aromatic nitrogens is 1. The second-order valence-electron chi connectivity index (χ2n) is 5.69. The summed E-state index contributed by atoms with van der Waals surface area (Å²) in [4.78, 5) is 16.0. The highest BCUT2D eigenvalue weighted by Crippen LogP contribution is 2.28. The van der Waals surface area contributed by atoms with E-state index in [1.165, 1.54) is 11.3 Å². The van der Waals surface area contributed by atoms with E-state index >= 15 is 0 Å². The highest BCUT2D eigenvalue weighted by Gasteiger charge is 2.32. The van der Waals surface area contributed by atoms with Crippen molar-refractivity contribution in [1.29, 1.82) is 0 Å². The summed E-state index contributed by atoms with van der Waals surface area (Å²) in [5.74, 6) is -1.14. The lowest BCUT2D eigenvalue weighted by Crippen LogP contribution is -2.44. The molecule has 2 aromatic carbocycles. The third-order valence-electron chi connectivity index (χ3n) is 3.94. The van der Waals surface area contributed by atoms with Crippen molar-refractivity contribution in [3.05, 3.63) is 86.8 Å². The number of thiazole rings is 1. The van der Waals surface area contributed by atoms with Gasteiger partial charge in [0.2, 0.25) is 0 Å². The quantitative estimate of drug-likeness (QED) is 0.529. The number of hydrogen-bond acceptors (Lipinski definition) is 5. The van der Waals surface area contributed by atoms with E-state index in [9.17, 15) is 15.0 Å². The smallest absolute Gasteiger partial charge is 0.323 e. The molecule has 0 bridgehead atoms. The van der Waals surface area contributed by atoms with Crippen LogP contribution in [0.15, 0.2) is 70.6 Å². The van der Waals surface area contributed by atoms with E-state index in [1.54, 1.807) is 5.38 Å². The van der Waals surface area contributed by atoms with Crippen LogP contribution in [0.2, 0.25) is 0 Å². The fourth-order valence-corrected chi connectivity index (χ4v) is 3.98. The average molecular weight is 433 g/mol. The fraction of sp³-hybridized carbons (Fsp3) is 0.158. The predicted molar refractivity (Wildman–Crippen MR) is 104 cm³/mol. The number of benzene rings is 2. The van der Waals surface area contributed by atoms with Gasteiger partial charge in [-0.05, 0) is 27.1 Å². The van der Waals surface area contributed by atoms with Crippen LogP contribution >= 0.6 is 27.3 Å². The minimum Gasteiger partial charge on any atom is -0.480 e. The van der Waals surface area contributed by atoms with Gasteiger partial charge in [0.1, 0.15) is 21.8 Å². The van der Waals surface area contributed by atoms with Gasteiger partial charge in [0.25, 0.3) is 0 Å². The van der Waals surface area contributed by atoms with Crippen LogP contribution in [0.4, 0.5) is 0 Å². The molecule has 0 amide bonds. The molecule has 1 heterocycles. The monoisotopic (exact) mass is 432 g/mol. The largest absolute Gasteiger partial charge is 0.480 e. The van der Waals surface area contributed by atoms with Gasteiger partial charge in [0.05, 0.1) is 6.04 Å². The molecule has 0 radical (unpaired) electrons. The Morgan fingerprint density at radius 3 is 2.00 bits per heavy atom. The van der Waals surface area contributed by atoms with Gasteiger partial charge in [-0.15, -0.1) is 11.3 Å². The van der Waals surface area contributed by atoms with Crippen LogP contribution in [0.3, 0.4) is 0 Å². The highest BCUT2D eigenvalue weighted by molar-refractivity contribution is 9.10. The summed E-state index contributed by atoms with van der Waals surface area (Å²) in [5, 5.41) is 25.4. The Kier molecular flexibility index (Phi) is 6.16. The lowest BCUT2D eigenvalue weighted by molar-refractivity contribution is -0.142. The first-order valence-corrected chi connectivity index (χ1v) is 9.61. The maximum Gasteiger partial charge on any atom is 0.323 e. The molecule has 0 saturated heterocycles. The molecule has 0 saturated carbocycles. The van der Waals surface area contributed by atoms with E-state index in [0.717, 1.165) is 11.1 Å². The van der Waals surface area contributed by atoms with E-state index in [1.807, 2.05) is 60.7 Å². The Balaban J connectivity index is 1.94. The van der Waals surface area contributed by atoms with Crippen molar-refractivity contribution in [2.75, 3.05) is 0 Å². The van der Waals surface area contributed by atoms with Crippen LogP contribution in [-0.4, -0.2) is 27.2 Å². The van der Waals surface area contributed by atoms with Crippen LogP contribution in [-0.2, 0) is 4.79 Å². The van der Waals surface area contributed by atoms with Crippen molar-refractivity contribution >= 4 is 33.2 Å². The molecular formula is C19H17BrN2O3S. The lowest BCUT2D eigenvalue weighted by atomic mass is 9.97. The molecule has 134 valence electrons. The Morgan fingerprint density at radius 2 is 1.58 bits per heavy atom. The number of aliphatic hydroxyl groups excluding tert-OH is 1. The zero-order valence-corrected chi connectivity index (χ0v) is 16.0. The maximum absolute atomic E-state index is 11.9. The molecule has 3 rings (SSSR count). The van der Waals surface area contributed by atoms with Crippen LogP contribution in [0.5, 0.6) is 0 Å². The Labute approximate surface area is 163 Å². The molecule has 3 N–H and O–H groups in total. The van der Waals surface area contributed by atoms with E-state index in [0.29, 0.717) is 9.61 Å². The number of rotatable bonds is 7. The SMILES string of the molecule is O=C(O)[C@@H](NC(c1ccccc1)c1ccccc1)[C@H](O)c1nc(Br)cs1. The summed E-state index contributed by atoms with van der Waals surface area (Å²) < 4.78 is 0.573. The van der Waals surface area contributed by atoms with Crippen molar-refractivity contribution in [2.24, 2.45) is 0 Å². The molecular weight excluding hydrogens is 416 g/mol. The summed E-state index contributed by atoms with van der Waals surface area (Å²) in [6.45, 7) is 0. The molecule has 26 heavy (non-hydrogen) atoms. The fourth-order valence-electron chi connectivity index (χ4n) is 2.70. The van der Waals surface area contributed by atoms with Crippen molar-refractivity contribution < 1.29 is 15.0 Å². The number of hydrogen-bond donors (Lipinski definition) is 3. The normalized spacial score (nSPS) is 13.5. The lowest BCUT2D eigenvalue weighted by Gasteiger charge is -2.26. The number of carbonyl (C=O) groups is 1. The number of aliphatic carboxylic acids is 1. The molecule has 0 aliphatic carbocycles. The van der Waals surface area contributed by atoms with E-state index in [-0.39, 0.29) is 6.04 Å². The number of carboxylic acid groups (broad SMARTS) is 1. The van der Waals surface area contributed by atoms with E-state index < -0.39 is 18.1 Å². The molecule has 0 spiro atoms. The first-order valence-electron chi connectivity index (χ1n) is 7.94. The molecule has 5 nitrogen and oxygen atoms in total. The van der Waals surface area contributed by atoms with Gasteiger partial charge in [-0.1, -0.05) is 60.7 Å². The summed E-state index contributed by atoms with van der Waals surface area (Å²) >= 11 is 4.44. The minimum atomic E-state index is -1.27. The van der Waals surface area contributed by atoms with Crippen molar-refractivity contribution in [3.8, 4) is 0 Å². The van der Waals surface area contributed by atoms with Crippen LogP contribution in [0.25, 0.3) is 0 Å². The third-order valence-corrected chi connectivity index (χ3v) is 5.57. The topological polar surface area (TPSA) is 82.5 Å². The Bertz CT molecular complexity index is 818. The van der Waals surface area contributed by atoms with Crippen LogP contribution in [0, 0.1) is 0 Å². The van der Waals surface area contributed by atoms with Gasteiger partial charge in [0.15, 0.2) is 0 Å². The first kappa shape index (κ1) is 18.7. The number of aliphatic hydroxyl groups is 1. The molecule has 0 fully saturated rings. The van der Waals surface area contributed by atoms with Crippen LogP contribution in [0.1, 0.15) is 28.3 Å². The standard InChI is InChI=1S/C19H17BrN2O3S/c20-14-11-26-18(21-14)17(23)16(19(24)25)22-15(12-7-3-1-4-8-12)13-9-5-2-6-10-13/h1-11,15-17,22-23H,(H,24,25)/t16-,17-/m0/s1. The van der Waals surface area contributed by atoms with Crippen molar-refractivity contribution in [3.63, 3.8) is 0 Å². The summed E-state index contributed by atoms with van der Waals surface area (Å²) in [7, 11) is 0. The summed E-state index contributed by atoms with van der Waals surface area (Å²) in [5.41, 5.74) is 1.83. The summed E-state index contributed by atoms with van der Waals surface area (Å²) in [6, 6.07) is 17.5. The average Bonchev–Trinajstić information content (AvgIpc) is 3.10. The summed E-state index contributed by atoms with van der Waals surface area (Å²) in [6.07, 6.45) is -1.27. The van der Waals surface area contributed by atoms with Gasteiger partial charge in [-0.3, -0.25) is 10.1 Å². The predicted octanol–water partition coefficient (Wildman–Crippen LogP) is 3.77. The zero-order chi connectivity index (χ0) is 18.5. The van der Waals surface area contributed by atoms with Gasteiger partial charge in [-0.25, -0.2) is 4.98 Å². The maximum atomic E-state index is 11.9. The van der Waals surface area contributed by atoms with E-state index in [2.05, 4.69) is 26.2 Å². The van der Waals surface area contributed by atoms with Gasteiger partial charge in [-0.2, -0.15) is 0 Å². The molecule has 0 aliphatic heterocycles. The molecule has 0 unspecified atom stereocenters. The van der Waals surface area contributed by atoms with Gasteiger partial charge < -0.3 is 10.2 Å². The zero-order valence-electron chi connectivity index (χ0n) is 13.6. The Morgan fingerprint density at radius 1 is 1.04 bits per heavy atom. The molecule has 1 aromatic heterocycles. The van der Waals surface area contributed by atoms with Crippen LogP contribution < -0.4 is 5.32 Å². The van der Waals surface area contributed by atoms with Crippen molar-refractivity contribution in [2.45, 2.75) is 18.2 Å². The second-order valence-corrected chi connectivity index (χ2v) is 7.39. The highest BCUT2D eigenvalue weighted by atomic mass is 79.9. The van der Waals surface area contributed by atoms with Gasteiger partial charge >= 0.3 is 5.97 Å². The number of halogens is 1. The van der Waals surface area contributed by atoms with Crippen molar-refractivity contribution in [1.82, 2.24) is 10.3 Å². The van der Waals surface area contributed by atoms with E-state index in [4.69, 9.17) is 0 Å². The molecule has 7 heteroatoms. The van der Waals surface area contributed by atoms with Gasteiger partial charge in [0, 0.05) is 5.38 Å². The molecule has 2 atom stereocenters. The Hall–Kier alpha value is -2.06. The molecule has 3 aromatic rings. The molecule has 0 aliphatic rings. The number of nitrogens with one attached hydrogen (secondary N) is 1. The minimum absolute atomic E-state index is 0.344. The number of nitrogens with zero attached hydrogens (tertiary/aromatic N) is 1. The number of carboxylic acids is 1. The second kappa shape index (κ2) is 8.55. The first-order chi connectivity index (χ1) is 12.6.